The van der Waals surface area contributed by atoms with Crippen LogP contribution in [-0.2, 0) is 0 Å². The van der Waals surface area contributed by atoms with Gasteiger partial charge in [0.25, 0.3) is 0 Å². The van der Waals surface area contributed by atoms with Gasteiger partial charge in [-0.3, -0.25) is 4.79 Å². The lowest BCUT2D eigenvalue weighted by atomic mass is 10.1. The molecule has 2 rings (SSSR count). The number of nitrogens with zero attached hydrogens (tertiary/aromatic N) is 1. The maximum atomic E-state index is 13.3. The topological polar surface area (TPSA) is 71.8 Å². The van der Waals surface area contributed by atoms with Crippen molar-refractivity contribution in [3.63, 3.8) is 0 Å². The minimum Gasteiger partial charge on any atom is -0.346 e. The number of ketones is 1. The summed E-state index contributed by atoms with van der Waals surface area (Å²) in [4.78, 5) is 17.9. The monoisotopic (exact) mass is 193 g/mol. The molecule has 0 aliphatic carbocycles. The van der Waals surface area contributed by atoms with E-state index in [2.05, 4.69) is 9.97 Å². The van der Waals surface area contributed by atoms with Crippen LogP contribution in [0.25, 0.3) is 11.0 Å². The van der Waals surface area contributed by atoms with E-state index in [1.807, 2.05) is 0 Å². The Bertz CT molecular complexity index is 492. The van der Waals surface area contributed by atoms with Gasteiger partial charge in [0, 0.05) is 11.6 Å². The molecule has 14 heavy (non-hydrogen) atoms. The molecule has 4 nitrogen and oxygen atoms in total. The standard InChI is InChI=1S/C9H8FN3O/c10-6-4-13-9-5(1-2-12-9)8(6)7(14)3-11/h1-2,4H,3,11H2,(H,12,13). The van der Waals surface area contributed by atoms with Crippen LogP contribution >= 0.6 is 0 Å². The Morgan fingerprint density at radius 1 is 1.64 bits per heavy atom. The average Bonchev–Trinajstić information content (AvgIpc) is 2.64. The molecular formula is C9H8FN3O. The van der Waals surface area contributed by atoms with Crippen molar-refractivity contribution in [3.05, 3.63) is 29.8 Å². The molecule has 72 valence electrons. The molecule has 0 aliphatic rings. The number of aromatic amines is 1. The molecule has 2 aromatic heterocycles. The highest BCUT2D eigenvalue weighted by Gasteiger charge is 2.15. The van der Waals surface area contributed by atoms with Crippen LogP contribution in [0.4, 0.5) is 4.39 Å². The van der Waals surface area contributed by atoms with Gasteiger partial charge >= 0.3 is 0 Å². The highest BCUT2D eigenvalue weighted by molar-refractivity contribution is 6.07. The first-order valence-electron chi connectivity index (χ1n) is 4.09. The third kappa shape index (κ3) is 1.18. The lowest BCUT2D eigenvalue weighted by molar-refractivity contribution is 0.0999. The number of rotatable bonds is 2. The lowest BCUT2D eigenvalue weighted by Crippen LogP contribution is -2.15. The first-order valence-corrected chi connectivity index (χ1v) is 4.09. The fraction of sp³-hybridized carbons (Fsp3) is 0.111. The Labute approximate surface area is 78.9 Å². The first-order chi connectivity index (χ1) is 6.74. The van der Waals surface area contributed by atoms with Crippen molar-refractivity contribution >= 4 is 16.8 Å². The van der Waals surface area contributed by atoms with E-state index in [1.165, 1.54) is 0 Å². The van der Waals surface area contributed by atoms with E-state index in [-0.39, 0.29) is 12.1 Å². The van der Waals surface area contributed by atoms with Crippen molar-refractivity contribution in [2.45, 2.75) is 0 Å². The number of H-pyrrole nitrogens is 1. The third-order valence-corrected chi connectivity index (χ3v) is 2.00. The number of fused-ring (bicyclic) bond motifs is 1. The molecule has 2 heterocycles. The minimum absolute atomic E-state index is 0.0127. The number of hydrogen-bond donors (Lipinski definition) is 2. The molecule has 0 spiro atoms. The zero-order chi connectivity index (χ0) is 10.1. The summed E-state index contributed by atoms with van der Waals surface area (Å²) >= 11 is 0. The molecule has 0 unspecified atom stereocenters. The number of hydrogen-bond acceptors (Lipinski definition) is 3. The number of nitrogens with two attached hydrogens (primary N) is 1. The summed E-state index contributed by atoms with van der Waals surface area (Å²) in [5.41, 5.74) is 5.69. The molecular weight excluding hydrogens is 185 g/mol. The first kappa shape index (κ1) is 8.83. The molecule has 0 aliphatic heterocycles. The molecule has 0 aromatic carbocycles. The van der Waals surface area contributed by atoms with E-state index < -0.39 is 11.6 Å². The summed E-state index contributed by atoms with van der Waals surface area (Å²) in [6.07, 6.45) is 2.62. The van der Waals surface area contributed by atoms with Crippen LogP contribution in [0.5, 0.6) is 0 Å². The minimum atomic E-state index is -0.632. The molecule has 0 atom stereocenters. The zero-order valence-electron chi connectivity index (χ0n) is 7.25. The maximum Gasteiger partial charge on any atom is 0.180 e. The second kappa shape index (κ2) is 3.19. The molecule has 3 N–H and O–H groups in total. The summed E-state index contributed by atoms with van der Waals surface area (Å²) in [7, 11) is 0. The maximum absolute atomic E-state index is 13.3. The van der Waals surface area contributed by atoms with E-state index in [0.717, 1.165) is 6.20 Å². The fourth-order valence-electron chi connectivity index (χ4n) is 1.37. The van der Waals surface area contributed by atoms with E-state index in [1.54, 1.807) is 12.3 Å². The van der Waals surface area contributed by atoms with Crippen LogP contribution in [0, 0.1) is 5.82 Å². The van der Waals surface area contributed by atoms with Crippen LogP contribution in [0.3, 0.4) is 0 Å². The summed E-state index contributed by atoms with van der Waals surface area (Å²) in [5.74, 6) is -1.05. The summed E-state index contributed by atoms with van der Waals surface area (Å²) in [5, 5.41) is 0.473. The van der Waals surface area contributed by atoms with Gasteiger partial charge in [0.05, 0.1) is 18.3 Å². The van der Waals surface area contributed by atoms with Crippen LogP contribution < -0.4 is 5.73 Å². The van der Waals surface area contributed by atoms with E-state index in [0.29, 0.717) is 11.0 Å². The largest absolute Gasteiger partial charge is 0.346 e. The van der Waals surface area contributed by atoms with Crippen molar-refractivity contribution in [2.75, 3.05) is 6.54 Å². The SMILES string of the molecule is NCC(=O)c1c(F)cnc2[nH]ccc12. The molecule has 0 fully saturated rings. The molecule has 2 aromatic rings. The van der Waals surface area contributed by atoms with Gasteiger partial charge < -0.3 is 10.7 Å². The van der Waals surface area contributed by atoms with E-state index in [4.69, 9.17) is 5.73 Å². The Kier molecular flexibility index (Phi) is 2.01. The Hall–Kier alpha value is -1.75. The summed E-state index contributed by atoms with van der Waals surface area (Å²) < 4.78 is 13.3. The Morgan fingerprint density at radius 2 is 2.43 bits per heavy atom. The van der Waals surface area contributed by atoms with Crippen molar-refractivity contribution < 1.29 is 9.18 Å². The Balaban J connectivity index is 2.76. The van der Waals surface area contributed by atoms with E-state index in [9.17, 15) is 9.18 Å². The normalized spacial score (nSPS) is 10.7. The second-order valence-corrected chi connectivity index (χ2v) is 2.85. The molecule has 0 saturated heterocycles. The molecule has 0 amide bonds. The Morgan fingerprint density at radius 3 is 3.14 bits per heavy atom. The number of halogens is 1. The second-order valence-electron chi connectivity index (χ2n) is 2.85. The van der Waals surface area contributed by atoms with Gasteiger partial charge in [0.1, 0.15) is 5.65 Å². The van der Waals surface area contributed by atoms with Crippen molar-refractivity contribution in [3.8, 4) is 0 Å². The lowest BCUT2D eigenvalue weighted by Gasteiger charge is -2.00. The van der Waals surface area contributed by atoms with Gasteiger partial charge in [-0.2, -0.15) is 0 Å². The highest BCUT2D eigenvalue weighted by atomic mass is 19.1. The number of pyridine rings is 1. The number of nitrogens with one attached hydrogen (secondary N) is 1. The molecule has 0 radical (unpaired) electrons. The van der Waals surface area contributed by atoms with Crippen molar-refractivity contribution in [1.29, 1.82) is 0 Å². The highest BCUT2D eigenvalue weighted by Crippen LogP contribution is 2.18. The smallest absolute Gasteiger partial charge is 0.180 e. The number of carbonyl (C=O) groups excluding carboxylic acids is 1. The summed E-state index contributed by atoms with van der Waals surface area (Å²) in [6.45, 7) is -0.207. The molecule has 5 heteroatoms. The number of aromatic nitrogens is 2. The molecule has 0 saturated carbocycles. The van der Waals surface area contributed by atoms with Crippen LogP contribution in [0.1, 0.15) is 10.4 Å². The number of Topliss-reactive ketones (excluding diaryl/α,β-unsaturated/α-hetero) is 1. The zero-order valence-corrected chi connectivity index (χ0v) is 7.25. The fourth-order valence-corrected chi connectivity index (χ4v) is 1.37. The quantitative estimate of drug-likeness (QED) is 0.694. The van der Waals surface area contributed by atoms with Crippen molar-refractivity contribution in [1.82, 2.24) is 9.97 Å². The predicted octanol–water partition coefficient (Wildman–Crippen LogP) is 0.843. The van der Waals surface area contributed by atoms with Gasteiger partial charge in [-0.15, -0.1) is 0 Å². The predicted molar refractivity (Wildman–Crippen MR) is 49.4 cm³/mol. The third-order valence-electron chi connectivity index (χ3n) is 2.00. The van der Waals surface area contributed by atoms with E-state index >= 15 is 0 Å². The van der Waals surface area contributed by atoms with Gasteiger partial charge in [0.15, 0.2) is 11.6 Å². The number of carbonyl (C=O) groups is 1. The van der Waals surface area contributed by atoms with Gasteiger partial charge in [0.2, 0.25) is 0 Å². The van der Waals surface area contributed by atoms with Gasteiger partial charge in [-0.25, -0.2) is 9.37 Å². The van der Waals surface area contributed by atoms with Crippen LogP contribution in [0.15, 0.2) is 18.5 Å². The summed E-state index contributed by atoms with van der Waals surface area (Å²) in [6, 6.07) is 1.61. The van der Waals surface area contributed by atoms with Crippen LogP contribution in [0.2, 0.25) is 0 Å². The average molecular weight is 193 g/mol. The van der Waals surface area contributed by atoms with Crippen molar-refractivity contribution in [2.24, 2.45) is 5.73 Å². The molecule has 0 bridgehead atoms. The van der Waals surface area contributed by atoms with Gasteiger partial charge in [-0.1, -0.05) is 0 Å². The van der Waals surface area contributed by atoms with Gasteiger partial charge in [-0.05, 0) is 6.07 Å². The van der Waals surface area contributed by atoms with Crippen LogP contribution in [-0.4, -0.2) is 22.3 Å².